The number of anilines is 1. The summed E-state index contributed by atoms with van der Waals surface area (Å²) in [6.45, 7) is -0.266. The Kier molecular flexibility index (Phi) is 8.49. The van der Waals surface area contributed by atoms with Crippen molar-refractivity contribution < 1.29 is 33.8 Å². The van der Waals surface area contributed by atoms with Crippen LogP contribution in [0.2, 0.25) is 0 Å². The van der Waals surface area contributed by atoms with Gasteiger partial charge < -0.3 is 19.9 Å². The van der Waals surface area contributed by atoms with Crippen molar-refractivity contribution in [2.45, 2.75) is 6.61 Å². The zero-order valence-electron chi connectivity index (χ0n) is 20.0. The molecule has 0 atom stereocenters. The summed E-state index contributed by atoms with van der Waals surface area (Å²) in [6.07, 6.45) is 1.54. The number of methoxy groups -OCH3 is 1. The number of nitrogens with one attached hydrogen (secondary N) is 1. The molecular formula is C27H21BrN2O7S. The molecule has 3 amide bonds. The van der Waals surface area contributed by atoms with Crippen LogP contribution in [0.3, 0.4) is 0 Å². The summed E-state index contributed by atoms with van der Waals surface area (Å²) in [5.41, 5.74) is 1.99. The summed E-state index contributed by atoms with van der Waals surface area (Å²) >= 11 is 4.14. The Morgan fingerprint density at radius 3 is 2.42 bits per heavy atom. The van der Waals surface area contributed by atoms with Gasteiger partial charge in [-0.05, 0) is 78.0 Å². The molecule has 0 unspecified atom stereocenters. The molecule has 0 saturated carbocycles. The first-order valence-electron chi connectivity index (χ1n) is 11.2. The SMILES string of the molecule is COc1ccc(NC(=O)CN2C(=O)S/C(=C/c3cc(Br)ccc3OCc3ccc(C(=O)O)cc3)C2=O)cc1. The van der Waals surface area contributed by atoms with Crippen LogP contribution in [0.1, 0.15) is 21.5 Å². The number of rotatable bonds is 9. The van der Waals surface area contributed by atoms with Crippen molar-refractivity contribution in [2.75, 3.05) is 19.0 Å². The molecule has 0 spiro atoms. The molecule has 1 fully saturated rings. The Morgan fingerprint density at radius 1 is 1.05 bits per heavy atom. The Hall–Kier alpha value is -4.09. The van der Waals surface area contributed by atoms with Crippen LogP contribution in [0.5, 0.6) is 11.5 Å². The van der Waals surface area contributed by atoms with Crippen molar-refractivity contribution in [1.82, 2.24) is 4.90 Å². The topological polar surface area (TPSA) is 122 Å². The Labute approximate surface area is 230 Å². The average Bonchev–Trinajstić information content (AvgIpc) is 3.16. The largest absolute Gasteiger partial charge is 0.497 e. The number of amides is 3. The number of aromatic carboxylic acids is 1. The molecule has 3 aromatic rings. The molecule has 194 valence electrons. The maximum absolute atomic E-state index is 13.0. The van der Waals surface area contributed by atoms with Gasteiger partial charge in [-0.25, -0.2) is 4.79 Å². The van der Waals surface area contributed by atoms with Crippen LogP contribution in [0.4, 0.5) is 10.5 Å². The third-order valence-electron chi connectivity index (χ3n) is 5.40. The highest BCUT2D eigenvalue weighted by molar-refractivity contribution is 9.10. The number of carboxylic acids is 1. The first kappa shape index (κ1) is 27.0. The van der Waals surface area contributed by atoms with E-state index in [-0.39, 0.29) is 17.1 Å². The van der Waals surface area contributed by atoms with Crippen molar-refractivity contribution in [3.05, 3.63) is 92.8 Å². The third-order valence-corrected chi connectivity index (χ3v) is 6.80. The molecule has 1 aliphatic heterocycles. The van der Waals surface area contributed by atoms with Crippen LogP contribution in [0, 0.1) is 0 Å². The molecule has 0 aliphatic carbocycles. The van der Waals surface area contributed by atoms with Crippen molar-refractivity contribution in [1.29, 1.82) is 0 Å². The minimum atomic E-state index is -1.01. The highest BCUT2D eigenvalue weighted by atomic mass is 79.9. The summed E-state index contributed by atoms with van der Waals surface area (Å²) < 4.78 is 11.7. The number of imide groups is 1. The van der Waals surface area contributed by atoms with Gasteiger partial charge in [0.05, 0.1) is 17.6 Å². The van der Waals surface area contributed by atoms with E-state index in [9.17, 15) is 19.2 Å². The fourth-order valence-corrected chi connectivity index (χ4v) is 4.67. The lowest BCUT2D eigenvalue weighted by Crippen LogP contribution is -2.36. The zero-order chi connectivity index (χ0) is 27.2. The van der Waals surface area contributed by atoms with Gasteiger partial charge in [-0.15, -0.1) is 0 Å². The number of ether oxygens (including phenoxy) is 2. The van der Waals surface area contributed by atoms with E-state index >= 15 is 0 Å². The second-order valence-electron chi connectivity index (χ2n) is 8.02. The van der Waals surface area contributed by atoms with Crippen molar-refractivity contribution in [3.8, 4) is 11.5 Å². The van der Waals surface area contributed by atoms with E-state index in [1.165, 1.54) is 19.2 Å². The first-order valence-corrected chi connectivity index (χ1v) is 12.8. The predicted octanol–water partition coefficient (Wildman–Crippen LogP) is 5.41. The molecule has 9 nitrogen and oxygen atoms in total. The van der Waals surface area contributed by atoms with Gasteiger partial charge in [0.2, 0.25) is 5.91 Å². The number of carboxylic acid groups (broad SMARTS) is 1. The van der Waals surface area contributed by atoms with Crippen molar-refractivity contribution >= 4 is 62.5 Å². The number of nitrogens with zero attached hydrogens (tertiary/aromatic N) is 1. The number of thioether (sulfide) groups is 1. The average molecular weight is 597 g/mol. The molecule has 3 aromatic carbocycles. The van der Waals surface area contributed by atoms with E-state index in [4.69, 9.17) is 14.6 Å². The van der Waals surface area contributed by atoms with Gasteiger partial charge in [-0.1, -0.05) is 28.1 Å². The lowest BCUT2D eigenvalue weighted by molar-refractivity contribution is -0.127. The molecule has 38 heavy (non-hydrogen) atoms. The third kappa shape index (κ3) is 6.61. The fourth-order valence-electron chi connectivity index (χ4n) is 3.46. The molecule has 2 N–H and O–H groups in total. The van der Waals surface area contributed by atoms with Gasteiger partial charge in [0, 0.05) is 15.7 Å². The summed E-state index contributed by atoms with van der Waals surface area (Å²) in [6, 6.07) is 18.2. The minimum absolute atomic E-state index is 0.154. The van der Waals surface area contributed by atoms with E-state index in [2.05, 4.69) is 21.2 Å². The summed E-state index contributed by atoms with van der Waals surface area (Å²) in [5, 5.41) is 11.1. The van der Waals surface area contributed by atoms with Gasteiger partial charge in [0.15, 0.2) is 0 Å². The molecule has 0 aromatic heterocycles. The smallest absolute Gasteiger partial charge is 0.335 e. The quantitative estimate of drug-likeness (QED) is 0.314. The van der Waals surface area contributed by atoms with Crippen LogP contribution >= 0.6 is 27.7 Å². The summed E-state index contributed by atoms with van der Waals surface area (Å²) in [5.74, 6) is -1.02. The maximum atomic E-state index is 13.0. The molecule has 1 saturated heterocycles. The van der Waals surface area contributed by atoms with Crippen LogP contribution < -0.4 is 14.8 Å². The van der Waals surface area contributed by atoms with Gasteiger partial charge in [-0.2, -0.15) is 0 Å². The number of carbonyl (C=O) groups excluding carboxylic acids is 3. The number of halogens is 1. The van der Waals surface area contributed by atoms with Crippen molar-refractivity contribution in [2.24, 2.45) is 0 Å². The molecular weight excluding hydrogens is 576 g/mol. The maximum Gasteiger partial charge on any atom is 0.335 e. The predicted molar refractivity (Wildman–Crippen MR) is 146 cm³/mol. The van der Waals surface area contributed by atoms with Gasteiger partial charge >= 0.3 is 5.97 Å². The summed E-state index contributed by atoms with van der Waals surface area (Å²) in [4.78, 5) is 50.1. The molecule has 4 rings (SSSR count). The first-order chi connectivity index (χ1) is 18.2. The second-order valence-corrected chi connectivity index (χ2v) is 9.93. The van der Waals surface area contributed by atoms with E-state index < -0.39 is 29.6 Å². The van der Waals surface area contributed by atoms with Gasteiger partial charge in [0.1, 0.15) is 24.7 Å². The minimum Gasteiger partial charge on any atom is -0.497 e. The lowest BCUT2D eigenvalue weighted by Gasteiger charge is -2.13. The Balaban J connectivity index is 1.45. The van der Waals surface area contributed by atoms with Crippen LogP contribution in [0.25, 0.3) is 6.08 Å². The van der Waals surface area contributed by atoms with E-state index in [0.29, 0.717) is 22.7 Å². The van der Waals surface area contributed by atoms with E-state index in [1.807, 2.05) is 0 Å². The summed E-state index contributed by atoms with van der Waals surface area (Å²) in [7, 11) is 1.53. The standard InChI is InChI=1S/C27H21BrN2O7S/c1-36-21-9-7-20(8-10-21)29-24(31)14-30-25(32)23(38-27(30)35)13-18-12-19(28)6-11-22(18)37-15-16-2-4-17(5-3-16)26(33)34/h2-13H,14-15H2,1H3,(H,29,31)(H,33,34)/b23-13+. The van der Waals surface area contributed by atoms with E-state index in [0.717, 1.165) is 26.7 Å². The Morgan fingerprint density at radius 2 is 1.76 bits per heavy atom. The van der Waals surface area contributed by atoms with Crippen LogP contribution in [0.15, 0.2) is 76.1 Å². The lowest BCUT2D eigenvalue weighted by atomic mass is 10.1. The molecule has 0 radical (unpaired) electrons. The Bertz CT molecular complexity index is 1420. The number of hydrogen-bond acceptors (Lipinski definition) is 7. The highest BCUT2D eigenvalue weighted by Gasteiger charge is 2.36. The van der Waals surface area contributed by atoms with E-state index in [1.54, 1.807) is 60.7 Å². The molecule has 0 bridgehead atoms. The molecule has 1 heterocycles. The zero-order valence-corrected chi connectivity index (χ0v) is 22.4. The number of benzene rings is 3. The molecule has 1 aliphatic rings. The van der Waals surface area contributed by atoms with Crippen molar-refractivity contribution in [3.63, 3.8) is 0 Å². The van der Waals surface area contributed by atoms with Crippen LogP contribution in [-0.2, 0) is 16.2 Å². The number of hydrogen-bond donors (Lipinski definition) is 2. The fraction of sp³-hybridized carbons (Fsp3) is 0.111. The van der Waals surface area contributed by atoms with Crippen LogP contribution in [-0.4, -0.2) is 46.7 Å². The normalized spacial score (nSPS) is 14.1. The van der Waals surface area contributed by atoms with Gasteiger partial charge in [-0.3, -0.25) is 19.3 Å². The number of carbonyl (C=O) groups is 4. The second kappa shape index (κ2) is 12.0. The molecule has 11 heteroatoms. The monoisotopic (exact) mass is 596 g/mol. The highest BCUT2D eigenvalue weighted by Crippen LogP contribution is 2.35. The van der Waals surface area contributed by atoms with Gasteiger partial charge in [0.25, 0.3) is 11.1 Å².